The first kappa shape index (κ1) is 9.03. The number of carboxylic acids is 1. The van der Waals surface area contributed by atoms with Crippen LogP contribution >= 0.6 is 0 Å². The molecule has 0 radical (unpaired) electrons. The summed E-state index contributed by atoms with van der Waals surface area (Å²) in [6.07, 6.45) is 6.51. The topological polar surface area (TPSA) is 58.9 Å². The van der Waals surface area contributed by atoms with Gasteiger partial charge >= 0.3 is 5.97 Å². The Morgan fingerprint density at radius 3 is 2.83 bits per heavy atom. The van der Waals surface area contributed by atoms with Gasteiger partial charge in [-0.1, -0.05) is 18.0 Å². The van der Waals surface area contributed by atoms with Crippen molar-refractivity contribution in [2.45, 2.75) is 25.7 Å². The van der Waals surface area contributed by atoms with E-state index >= 15 is 0 Å². The zero-order valence-corrected chi connectivity index (χ0v) is 6.90. The number of nitrogens with zero attached hydrogens (tertiary/aromatic N) is 1. The van der Waals surface area contributed by atoms with E-state index in [1.807, 2.05) is 0 Å². The fourth-order valence-electron chi connectivity index (χ4n) is 1.33. The third-order valence-electron chi connectivity index (χ3n) is 1.93. The fraction of sp³-hybridized carbons (Fsp3) is 0.750. The Morgan fingerprint density at radius 1 is 1.58 bits per heavy atom. The van der Waals surface area contributed by atoms with Crippen molar-refractivity contribution in [1.82, 2.24) is 0 Å². The summed E-state index contributed by atoms with van der Waals surface area (Å²) in [5, 5.41) is 11.8. The first-order chi connectivity index (χ1) is 5.79. The highest BCUT2D eigenvalue weighted by atomic mass is 16.6. The molecule has 12 heavy (non-hydrogen) atoms. The Bertz CT molecular complexity index is 173. The van der Waals surface area contributed by atoms with Crippen LogP contribution in [0.4, 0.5) is 0 Å². The molecular formula is C8H13NO3. The molecule has 0 heterocycles. The first-order valence-corrected chi connectivity index (χ1v) is 4.16. The fourth-order valence-corrected chi connectivity index (χ4v) is 1.33. The van der Waals surface area contributed by atoms with Gasteiger partial charge in [-0.15, -0.1) is 0 Å². The number of carbonyl (C=O) groups is 1. The van der Waals surface area contributed by atoms with Gasteiger partial charge in [0, 0.05) is 6.21 Å². The zero-order valence-electron chi connectivity index (χ0n) is 6.90. The monoisotopic (exact) mass is 171 g/mol. The number of carboxylic acid groups (broad SMARTS) is 1. The summed E-state index contributed by atoms with van der Waals surface area (Å²) >= 11 is 0. The lowest BCUT2D eigenvalue weighted by molar-refractivity contribution is -0.142. The Morgan fingerprint density at radius 2 is 2.25 bits per heavy atom. The van der Waals surface area contributed by atoms with Crippen molar-refractivity contribution in [3.63, 3.8) is 0 Å². The molecule has 0 aromatic heterocycles. The Balaban J connectivity index is 2.08. The molecule has 4 nitrogen and oxygen atoms in total. The second-order valence-corrected chi connectivity index (χ2v) is 2.97. The molecule has 68 valence electrons. The minimum atomic E-state index is -0.987. The highest BCUT2D eigenvalue weighted by Gasteiger charge is 2.12. The van der Waals surface area contributed by atoms with Crippen LogP contribution in [0.1, 0.15) is 25.7 Å². The third-order valence-corrected chi connectivity index (χ3v) is 1.93. The molecule has 1 aliphatic rings. The van der Waals surface area contributed by atoms with Crippen molar-refractivity contribution in [3.8, 4) is 0 Å². The average Bonchev–Trinajstić information content (AvgIpc) is 2.49. The number of hydrogen-bond donors (Lipinski definition) is 1. The molecule has 0 atom stereocenters. The summed E-state index contributed by atoms with van der Waals surface area (Å²) in [6, 6.07) is 0. The Kier molecular flexibility index (Phi) is 3.57. The molecular weight excluding hydrogens is 158 g/mol. The van der Waals surface area contributed by atoms with Crippen molar-refractivity contribution in [2.75, 3.05) is 6.61 Å². The van der Waals surface area contributed by atoms with Gasteiger partial charge in [0.05, 0.1) is 0 Å². The van der Waals surface area contributed by atoms with Crippen LogP contribution in [-0.4, -0.2) is 23.9 Å². The maximum absolute atomic E-state index is 10.00. The first-order valence-electron chi connectivity index (χ1n) is 4.16. The number of rotatable bonds is 4. The molecule has 0 spiro atoms. The predicted molar refractivity (Wildman–Crippen MR) is 44.0 cm³/mol. The quantitative estimate of drug-likeness (QED) is 0.511. The van der Waals surface area contributed by atoms with Crippen LogP contribution in [0.5, 0.6) is 0 Å². The highest BCUT2D eigenvalue weighted by molar-refractivity contribution is 5.68. The highest BCUT2D eigenvalue weighted by Crippen LogP contribution is 2.22. The van der Waals surface area contributed by atoms with E-state index in [0.717, 1.165) is 12.8 Å². The second-order valence-electron chi connectivity index (χ2n) is 2.97. The van der Waals surface area contributed by atoms with Crippen LogP contribution in [0.15, 0.2) is 5.16 Å². The molecule has 0 aromatic carbocycles. The van der Waals surface area contributed by atoms with Gasteiger partial charge in [-0.2, -0.15) is 0 Å². The van der Waals surface area contributed by atoms with Crippen molar-refractivity contribution >= 4 is 12.2 Å². The molecule has 0 aromatic rings. The van der Waals surface area contributed by atoms with Crippen LogP contribution in [0.3, 0.4) is 0 Å². The summed E-state index contributed by atoms with van der Waals surface area (Å²) in [4.78, 5) is 14.5. The van der Waals surface area contributed by atoms with Gasteiger partial charge in [-0.05, 0) is 18.8 Å². The van der Waals surface area contributed by atoms with Crippen LogP contribution in [0.2, 0.25) is 0 Å². The van der Waals surface area contributed by atoms with Gasteiger partial charge < -0.3 is 9.94 Å². The van der Waals surface area contributed by atoms with E-state index in [9.17, 15) is 4.79 Å². The largest absolute Gasteiger partial charge is 0.479 e. The summed E-state index contributed by atoms with van der Waals surface area (Å²) < 4.78 is 0. The van der Waals surface area contributed by atoms with E-state index in [-0.39, 0.29) is 6.61 Å². The standard InChI is InChI=1S/C8H13NO3/c10-8(11)6-12-9-5-7-3-1-2-4-7/h5,7H,1-4,6H2,(H,10,11). The van der Waals surface area contributed by atoms with E-state index in [0.29, 0.717) is 5.92 Å². The van der Waals surface area contributed by atoms with E-state index < -0.39 is 5.97 Å². The maximum atomic E-state index is 10.00. The minimum Gasteiger partial charge on any atom is -0.479 e. The minimum absolute atomic E-state index is 0.344. The predicted octanol–water partition coefficient (Wildman–Crippen LogP) is 1.26. The molecule has 0 unspecified atom stereocenters. The summed E-state index contributed by atoms with van der Waals surface area (Å²) in [7, 11) is 0. The number of hydrogen-bond acceptors (Lipinski definition) is 3. The number of aliphatic carboxylic acids is 1. The van der Waals surface area contributed by atoms with E-state index in [1.165, 1.54) is 12.8 Å². The number of oxime groups is 1. The van der Waals surface area contributed by atoms with Gasteiger partial charge in [-0.3, -0.25) is 0 Å². The lowest BCUT2D eigenvalue weighted by atomic mass is 10.1. The summed E-state index contributed by atoms with van der Waals surface area (Å²) in [6.45, 7) is -0.344. The molecule has 0 aliphatic heterocycles. The lowest BCUT2D eigenvalue weighted by Crippen LogP contribution is -2.04. The van der Waals surface area contributed by atoms with Crippen molar-refractivity contribution < 1.29 is 14.7 Å². The molecule has 1 N–H and O–H groups in total. The zero-order chi connectivity index (χ0) is 8.81. The van der Waals surface area contributed by atoms with Crippen molar-refractivity contribution in [2.24, 2.45) is 11.1 Å². The van der Waals surface area contributed by atoms with Gasteiger partial charge in [0.2, 0.25) is 6.61 Å². The second kappa shape index (κ2) is 4.74. The molecule has 1 aliphatic carbocycles. The lowest BCUT2D eigenvalue weighted by Gasteiger charge is -1.98. The van der Waals surface area contributed by atoms with Crippen LogP contribution in [0.25, 0.3) is 0 Å². The molecule has 0 saturated heterocycles. The summed E-state index contributed by atoms with van der Waals surface area (Å²) in [5.41, 5.74) is 0. The van der Waals surface area contributed by atoms with Gasteiger partial charge in [0.1, 0.15) is 0 Å². The molecule has 1 saturated carbocycles. The van der Waals surface area contributed by atoms with Crippen LogP contribution < -0.4 is 0 Å². The maximum Gasteiger partial charge on any atom is 0.344 e. The van der Waals surface area contributed by atoms with E-state index in [2.05, 4.69) is 9.99 Å². The van der Waals surface area contributed by atoms with E-state index in [4.69, 9.17) is 5.11 Å². The van der Waals surface area contributed by atoms with E-state index in [1.54, 1.807) is 6.21 Å². The average molecular weight is 171 g/mol. The van der Waals surface area contributed by atoms with Crippen molar-refractivity contribution in [1.29, 1.82) is 0 Å². The molecule has 1 fully saturated rings. The molecule has 4 heteroatoms. The normalized spacial score (nSPS) is 18.7. The SMILES string of the molecule is O=C(O)CON=CC1CCCC1. The van der Waals surface area contributed by atoms with Crippen LogP contribution in [0, 0.1) is 5.92 Å². The van der Waals surface area contributed by atoms with Crippen LogP contribution in [-0.2, 0) is 9.63 Å². The third kappa shape index (κ3) is 3.37. The Labute approximate surface area is 71.2 Å². The smallest absolute Gasteiger partial charge is 0.344 e. The van der Waals surface area contributed by atoms with Gasteiger partial charge in [0.25, 0.3) is 0 Å². The van der Waals surface area contributed by atoms with Crippen molar-refractivity contribution in [3.05, 3.63) is 0 Å². The van der Waals surface area contributed by atoms with Gasteiger partial charge in [0.15, 0.2) is 0 Å². The molecule has 0 amide bonds. The molecule has 1 rings (SSSR count). The van der Waals surface area contributed by atoms with Gasteiger partial charge in [-0.25, -0.2) is 4.79 Å². The molecule has 0 bridgehead atoms. The Hall–Kier alpha value is -1.06. The summed E-state index contributed by atoms with van der Waals surface area (Å²) in [5.74, 6) is -0.489.